The highest BCUT2D eigenvalue weighted by atomic mass is 35.5. The first kappa shape index (κ1) is 22.5. The molecule has 5 unspecified atom stereocenters. The van der Waals surface area contributed by atoms with Crippen LogP contribution in [0.3, 0.4) is 0 Å². The van der Waals surface area contributed by atoms with Gasteiger partial charge in [-0.15, -0.1) is 24.8 Å². The Kier molecular flexibility index (Phi) is 8.49. The fraction of sp³-hybridized carbons (Fsp3) is 0.611. The number of hydrogen-bond acceptors (Lipinski definition) is 3. The maximum atomic E-state index is 12.6. The Morgan fingerprint density at radius 1 is 1.28 bits per heavy atom. The van der Waals surface area contributed by atoms with E-state index in [1.807, 2.05) is 38.4 Å². The number of carbonyl (C=O) groups excluding carboxylic acids is 1. The Bertz CT molecular complexity index is 582. The van der Waals surface area contributed by atoms with Crippen molar-refractivity contribution in [1.82, 2.24) is 10.2 Å². The summed E-state index contributed by atoms with van der Waals surface area (Å²) in [5.41, 5.74) is 7.31. The van der Waals surface area contributed by atoms with Crippen LogP contribution >= 0.6 is 36.4 Å². The highest BCUT2D eigenvalue weighted by Crippen LogP contribution is 2.47. The molecule has 3 rings (SSSR count). The highest BCUT2D eigenvalue weighted by Gasteiger charge is 2.49. The van der Waals surface area contributed by atoms with Gasteiger partial charge in [-0.3, -0.25) is 4.79 Å². The number of nitrogens with zero attached hydrogens (tertiary/aromatic N) is 1. The molecule has 3 N–H and O–H groups in total. The molecule has 0 saturated heterocycles. The number of hydrogen-bond donors (Lipinski definition) is 2. The minimum Gasteiger partial charge on any atom is -0.354 e. The van der Waals surface area contributed by atoms with E-state index in [4.69, 9.17) is 17.3 Å². The smallest absolute Gasteiger partial charge is 0.225 e. The molecule has 1 aromatic carbocycles. The normalized spacial score (nSPS) is 28.2. The summed E-state index contributed by atoms with van der Waals surface area (Å²) in [6.45, 7) is 0.552. The van der Waals surface area contributed by atoms with Gasteiger partial charge in [0.25, 0.3) is 0 Å². The van der Waals surface area contributed by atoms with Gasteiger partial charge in [0, 0.05) is 17.6 Å². The molecule has 0 radical (unpaired) electrons. The summed E-state index contributed by atoms with van der Waals surface area (Å²) in [6, 6.07) is 7.90. The van der Waals surface area contributed by atoms with Crippen LogP contribution in [0, 0.1) is 17.8 Å². The second-order valence-electron chi connectivity index (χ2n) is 7.18. The van der Waals surface area contributed by atoms with E-state index in [-0.39, 0.29) is 48.7 Å². The molecule has 1 aromatic rings. The van der Waals surface area contributed by atoms with E-state index in [1.54, 1.807) is 0 Å². The van der Waals surface area contributed by atoms with Crippen LogP contribution in [0.5, 0.6) is 0 Å². The molecule has 0 aliphatic heterocycles. The Morgan fingerprint density at radius 2 is 1.92 bits per heavy atom. The molecule has 0 aromatic heterocycles. The van der Waals surface area contributed by atoms with Gasteiger partial charge in [0.05, 0.1) is 12.0 Å². The zero-order valence-corrected chi connectivity index (χ0v) is 17.0. The second kappa shape index (κ2) is 9.43. The third kappa shape index (κ3) is 4.61. The standard InChI is InChI=1S/C18H26ClN3O.2ClH/c1-22(2)15(13-5-3-4-6-14(13)19)10-21-18(23)16-11-7-8-12(9-11)17(16)20;;/h3-6,11-12,15-17H,7-10,20H2,1-2H3,(H,21,23);2*1H. The molecular formula is C18H28Cl3N3O. The van der Waals surface area contributed by atoms with Crippen LogP contribution in [-0.4, -0.2) is 37.5 Å². The van der Waals surface area contributed by atoms with Crippen LogP contribution in [0.15, 0.2) is 24.3 Å². The molecule has 2 fully saturated rings. The number of amides is 1. The van der Waals surface area contributed by atoms with E-state index in [0.717, 1.165) is 23.4 Å². The molecule has 0 heterocycles. The van der Waals surface area contributed by atoms with Crippen molar-refractivity contribution in [3.05, 3.63) is 34.9 Å². The summed E-state index contributed by atoms with van der Waals surface area (Å²) in [5.74, 6) is 1.13. The summed E-state index contributed by atoms with van der Waals surface area (Å²) >= 11 is 6.32. The monoisotopic (exact) mass is 407 g/mol. The van der Waals surface area contributed by atoms with Crippen LogP contribution in [0.25, 0.3) is 0 Å². The van der Waals surface area contributed by atoms with Gasteiger partial charge >= 0.3 is 0 Å². The van der Waals surface area contributed by atoms with E-state index in [2.05, 4.69) is 10.2 Å². The molecule has 25 heavy (non-hydrogen) atoms. The fourth-order valence-corrected chi connectivity index (χ4v) is 4.62. The minimum atomic E-state index is -0.0113. The van der Waals surface area contributed by atoms with E-state index in [1.165, 1.54) is 6.42 Å². The summed E-state index contributed by atoms with van der Waals surface area (Å²) in [4.78, 5) is 14.7. The SMILES string of the molecule is CN(C)C(CNC(=O)C1C2CCC(C2)C1N)c1ccccc1Cl.Cl.Cl. The van der Waals surface area contributed by atoms with E-state index >= 15 is 0 Å². The lowest BCUT2D eigenvalue weighted by Crippen LogP contribution is -2.47. The van der Waals surface area contributed by atoms with E-state index < -0.39 is 0 Å². The van der Waals surface area contributed by atoms with Crippen LogP contribution in [0.1, 0.15) is 30.9 Å². The first-order chi connectivity index (χ1) is 11.0. The number of nitrogens with two attached hydrogens (primary N) is 1. The number of benzene rings is 1. The second-order valence-corrected chi connectivity index (χ2v) is 7.59. The molecule has 2 aliphatic carbocycles. The largest absolute Gasteiger partial charge is 0.354 e. The molecular weight excluding hydrogens is 381 g/mol. The molecule has 7 heteroatoms. The molecule has 0 spiro atoms. The van der Waals surface area contributed by atoms with Crippen molar-refractivity contribution < 1.29 is 4.79 Å². The maximum absolute atomic E-state index is 12.6. The molecule has 4 nitrogen and oxygen atoms in total. The van der Waals surface area contributed by atoms with Crippen molar-refractivity contribution >= 4 is 42.3 Å². The number of nitrogens with one attached hydrogen (secondary N) is 1. The minimum absolute atomic E-state index is 0. The van der Waals surface area contributed by atoms with Gasteiger partial charge in [0.2, 0.25) is 5.91 Å². The number of fused-ring (bicyclic) bond motifs is 2. The first-order valence-electron chi connectivity index (χ1n) is 8.43. The van der Waals surface area contributed by atoms with Gasteiger partial charge < -0.3 is 16.0 Å². The van der Waals surface area contributed by atoms with Gasteiger partial charge in [0.15, 0.2) is 0 Å². The van der Waals surface area contributed by atoms with Crippen LogP contribution in [-0.2, 0) is 4.79 Å². The summed E-state index contributed by atoms with van der Waals surface area (Å²) < 4.78 is 0. The van der Waals surface area contributed by atoms with E-state index in [0.29, 0.717) is 18.4 Å². The lowest BCUT2D eigenvalue weighted by molar-refractivity contribution is -0.127. The number of likely N-dealkylation sites (N-methyl/N-ethyl adjacent to an activating group) is 1. The highest BCUT2D eigenvalue weighted by molar-refractivity contribution is 6.31. The van der Waals surface area contributed by atoms with Crippen LogP contribution in [0.2, 0.25) is 5.02 Å². The zero-order valence-electron chi connectivity index (χ0n) is 14.7. The van der Waals surface area contributed by atoms with Crippen LogP contribution in [0.4, 0.5) is 0 Å². The van der Waals surface area contributed by atoms with Gasteiger partial charge in [-0.2, -0.15) is 0 Å². The summed E-state index contributed by atoms with van der Waals surface area (Å²) in [6.07, 6.45) is 3.47. The Balaban J connectivity index is 0.00000156. The lowest BCUT2D eigenvalue weighted by atomic mass is 9.84. The average Bonchev–Trinajstić information content (AvgIpc) is 3.09. The topological polar surface area (TPSA) is 58.4 Å². The van der Waals surface area contributed by atoms with Crippen molar-refractivity contribution in [2.45, 2.75) is 31.3 Å². The van der Waals surface area contributed by atoms with E-state index in [9.17, 15) is 4.79 Å². The van der Waals surface area contributed by atoms with Gasteiger partial charge in [-0.25, -0.2) is 0 Å². The first-order valence-corrected chi connectivity index (χ1v) is 8.81. The van der Waals surface area contributed by atoms with Crippen molar-refractivity contribution in [3.63, 3.8) is 0 Å². The van der Waals surface area contributed by atoms with Crippen molar-refractivity contribution in [3.8, 4) is 0 Å². The van der Waals surface area contributed by atoms with Crippen molar-refractivity contribution in [2.24, 2.45) is 23.5 Å². The Morgan fingerprint density at radius 3 is 2.48 bits per heavy atom. The van der Waals surface area contributed by atoms with Crippen molar-refractivity contribution in [2.75, 3.05) is 20.6 Å². The van der Waals surface area contributed by atoms with Gasteiger partial charge in [-0.1, -0.05) is 29.8 Å². The average molecular weight is 409 g/mol. The zero-order chi connectivity index (χ0) is 16.6. The Hall–Kier alpha value is -0.520. The predicted molar refractivity (Wildman–Crippen MR) is 108 cm³/mol. The number of rotatable bonds is 5. The predicted octanol–water partition coefficient (Wildman–Crippen LogP) is 3.28. The Labute approximate surface area is 167 Å². The number of halogens is 3. The van der Waals surface area contributed by atoms with Gasteiger partial charge in [-0.05, 0) is 56.8 Å². The third-order valence-electron chi connectivity index (χ3n) is 5.64. The molecule has 1 amide bonds. The molecule has 2 aliphatic rings. The summed E-state index contributed by atoms with van der Waals surface area (Å²) in [5, 5.41) is 3.86. The molecule has 142 valence electrons. The maximum Gasteiger partial charge on any atom is 0.225 e. The summed E-state index contributed by atoms with van der Waals surface area (Å²) in [7, 11) is 4.01. The van der Waals surface area contributed by atoms with Gasteiger partial charge in [0.1, 0.15) is 0 Å². The molecule has 5 atom stereocenters. The molecule has 2 bridgehead atoms. The van der Waals surface area contributed by atoms with Crippen LogP contribution < -0.4 is 11.1 Å². The molecule has 2 saturated carbocycles. The quantitative estimate of drug-likeness (QED) is 0.786. The third-order valence-corrected chi connectivity index (χ3v) is 5.98. The number of carbonyl (C=O) groups is 1. The van der Waals surface area contributed by atoms with Crippen molar-refractivity contribution in [1.29, 1.82) is 0 Å². The lowest BCUT2D eigenvalue weighted by Gasteiger charge is -2.30. The fourth-order valence-electron chi connectivity index (χ4n) is 4.36.